The molecule has 1 fully saturated rings. The molecule has 3 atom stereocenters. The molecule has 0 aliphatic carbocycles. The van der Waals surface area contributed by atoms with Crippen LogP contribution >= 0.6 is 39.0 Å². The van der Waals surface area contributed by atoms with Crippen molar-refractivity contribution >= 4 is 48.9 Å². The highest BCUT2D eigenvalue weighted by Gasteiger charge is 2.38. The Morgan fingerprint density at radius 3 is 2.75 bits per heavy atom. The normalized spacial score (nSPS) is 24.5. The third kappa shape index (κ3) is 3.78. The Morgan fingerprint density at radius 1 is 1.55 bits per heavy atom. The lowest BCUT2D eigenvalue weighted by molar-refractivity contribution is 0.175. The summed E-state index contributed by atoms with van der Waals surface area (Å²) in [5.74, 6) is 1.57. The van der Waals surface area contributed by atoms with Crippen LogP contribution in [0.15, 0.2) is 15.9 Å². The largest absolute Gasteiger partial charge is 0.326 e. The predicted octanol–water partition coefficient (Wildman–Crippen LogP) is 2.32. The Morgan fingerprint density at radius 2 is 2.25 bits per heavy atom. The van der Waals surface area contributed by atoms with E-state index in [1.165, 1.54) is 6.26 Å². The van der Waals surface area contributed by atoms with E-state index in [4.69, 9.17) is 5.73 Å². The minimum atomic E-state index is -3.11. The molecule has 1 aliphatic heterocycles. The molecule has 2 N–H and O–H groups in total. The van der Waals surface area contributed by atoms with Gasteiger partial charge in [-0.25, -0.2) is 8.42 Å². The van der Waals surface area contributed by atoms with Gasteiger partial charge in [0.05, 0.1) is 6.04 Å². The monoisotopic (exact) mass is 398 g/mol. The van der Waals surface area contributed by atoms with Crippen molar-refractivity contribution in [3.63, 3.8) is 0 Å². The molecule has 0 spiro atoms. The van der Waals surface area contributed by atoms with Gasteiger partial charge >= 0.3 is 0 Å². The van der Waals surface area contributed by atoms with Gasteiger partial charge in [0.2, 0.25) is 0 Å². The quantitative estimate of drug-likeness (QED) is 0.842. The van der Waals surface area contributed by atoms with Crippen molar-refractivity contribution in [1.82, 2.24) is 4.90 Å². The zero-order valence-corrected chi connectivity index (χ0v) is 15.5. The maximum atomic E-state index is 12.1. The van der Waals surface area contributed by atoms with E-state index in [1.807, 2.05) is 18.4 Å². The number of thioether (sulfide) groups is 1. The van der Waals surface area contributed by atoms with Crippen LogP contribution in [0.1, 0.15) is 17.8 Å². The summed E-state index contributed by atoms with van der Waals surface area (Å²) in [6, 6.07) is 1.87. The first-order valence-corrected chi connectivity index (χ1v) is 11.1. The van der Waals surface area contributed by atoms with Gasteiger partial charge in [0.15, 0.2) is 9.84 Å². The van der Waals surface area contributed by atoms with E-state index >= 15 is 0 Å². The highest BCUT2D eigenvalue weighted by molar-refractivity contribution is 9.10. The predicted molar refractivity (Wildman–Crippen MR) is 91.1 cm³/mol. The van der Waals surface area contributed by atoms with Gasteiger partial charge in [-0.2, -0.15) is 11.8 Å². The van der Waals surface area contributed by atoms with E-state index in [0.717, 1.165) is 21.6 Å². The molecule has 3 unspecified atom stereocenters. The van der Waals surface area contributed by atoms with Gasteiger partial charge in [0.1, 0.15) is 5.37 Å². The summed E-state index contributed by atoms with van der Waals surface area (Å²) < 4.78 is 25.1. The third-order valence-corrected chi connectivity index (χ3v) is 7.78. The molecule has 114 valence electrons. The molecule has 4 nitrogen and oxygen atoms in total. The van der Waals surface area contributed by atoms with Crippen molar-refractivity contribution in [3.8, 4) is 0 Å². The SMILES string of the molecule is CC(N)C(c1cc(Br)cs1)N1CCSCC1S(C)(=O)=O. The first-order chi connectivity index (χ1) is 9.30. The van der Waals surface area contributed by atoms with E-state index in [1.54, 1.807) is 23.1 Å². The van der Waals surface area contributed by atoms with E-state index in [-0.39, 0.29) is 12.1 Å². The minimum absolute atomic E-state index is 0.0491. The summed E-state index contributed by atoms with van der Waals surface area (Å²) in [6.45, 7) is 2.70. The Bertz CT molecular complexity index is 559. The molecule has 0 radical (unpaired) electrons. The van der Waals surface area contributed by atoms with Crippen LogP contribution in [0.4, 0.5) is 0 Å². The summed E-state index contributed by atoms with van der Waals surface area (Å²) in [6.07, 6.45) is 1.32. The van der Waals surface area contributed by atoms with Crippen LogP contribution in [0.3, 0.4) is 0 Å². The van der Waals surface area contributed by atoms with Crippen molar-refractivity contribution < 1.29 is 8.42 Å². The second-order valence-corrected chi connectivity index (χ2v) is 10.3. The summed E-state index contributed by atoms with van der Waals surface area (Å²) in [5.41, 5.74) is 6.16. The standard InChI is InChI=1S/C12H19BrN2O2S3/c1-8(14)12(10-5-9(13)6-19-10)15-3-4-18-7-11(15)20(2,16)17/h5-6,8,11-12H,3-4,7,14H2,1-2H3. The van der Waals surface area contributed by atoms with Gasteiger partial charge in [-0.3, -0.25) is 4.90 Å². The minimum Gasteiger partial charge on any atom is -0.326 e. The Balaban J connectivity index is 2.36. The van der Waals surface area contributed by atoms with Crippen LogP contribution in [0, 0.1) is 0 Å². The van der Waals surface area contributed by atoms with Gasteiger partial charge in [0.25, 0.3) is 0 Å². The lowest BCUT2D eigenvalue weighted by Gasteiger charge is -2.41. The van der Waals surface area contributed by atoms with Crippen molar-refractivity contribution in [2.75, 3.05) is 24.3 Å². The van der Waals surface area contributed by atoms with Gasteiger partial charge in [-0.1, -0.05) is 0 Å². The third-order valence-electron chi connectivity index (χ3n) is 3.35. The Hall–Kier alpha value is 0.400. The van der Waals surface area contributed by atoms with Crippen molar-refractivity contribution in [1.29, 1.82) is 0 Å². The average molecular weight is 399 g/mol. The fourth-order valence-electron chi connectivity index (χ4n) is 2.49. The number of hydrogen-bond donors (Lipinski definition) is 1. The number of sulfone groups is 1. The number of halogens is 1. The zero-order valence-electron chi connectivity index (χ0n) is 11.5. The average Bonchev–Trinajstić information content (AvgIpc) is 2.75. The van der Waals surface area contributed by atoms with Crippen LogP contribution in [0.2, 0.25) is 0 Å². The second-order valence-electron chi connectivity index (χ2n) is 5.07. The molecule has 1 aromatic heterocycles. The molecule has 20 heavy (non-hydrogen) atoms. The molecule has 0 bridgehead atoms. The van der Waals surface area contributed by atoms with Crippen LogP contribution in [0.25, 0.3) is 0 Å². The first kappa shape index (κ1) is 16.8. The smallest absolute Gasteiger partial charge is 0.164 e. The van der Waals surface area contributed by atoms with Crippen molar-refractivity contribution in [3.05, 3.63) is 20.8 Å². The summed E-state index contributed by atoms with van der Waals surface area (Å²) in [7, 11) is -3.11. The summed E-state index contributed by atoms with van der Waals surface area (Å²) in [5, 5.41) is 1.57. The molecular weight excluding hydrogens is 380 g/mol. The molecule has 8 heteroatoms. The molecular formula is C12H19BrN2O2S3. The second kappa shape index (κ2) is 6.66. The van der Waals surface area contributed by atoms with Gasteiger partial charge in [-0.15, -0.1) is 11.3 Å². The van der Waals surface area contributed by atoms with Crippen LogP contribution in [-0.2, 0) is 9.84 Å². The molecule has 0 aromatic carbocycles. The number of hydrogen-bond acceptors (Lipinski definition) is 6. The van der Waals surface area contributed by atoms with E-state index in [9.17, 15) is 8.42 Å². The summed E-state index contributed by atoms with van der Waals surface area (Å²) >= 11 is 6.77. The molecule has 2 heterocycles. The maximum absolute atomic E-state index is 12.1. The number of nitrogens with two attached hydrogens (primary N) is 1. The lowest BCUT2D eigenvalue weighted by atomic mass is 10.1. The molecule has 0 saturated carbocycles. The number of rotatable bonds is 4. The van der Waals surface area contributed by atoms with Crippen molar-refractivity contribution in [2.45, 2.75) is 24.4 Å². The highest BCUT2D eigenvalue weighted by atomic mass is 79.9. The Labute approximate surface area is 137 Å². The molecule has 1 aromatic rings. The fraction of sp³-hybridized carbons (Fsp3) is 0.667. The van der Waals surface area contributed by atoms with Crippen LogP contribution in [0.5, 0.6) is 0 Å². The van der Waals surface area contributed by atoms with Gasteiger partial charge in [0, 0.05) is 45.1 Å². The van der Waals surface area contributed by atoms with Crippen molar-refractivity contribution in [2.24, 2.45) is 5.73 Å². The van der Waals surface area contributed by atoms with Crippen LogP contribution < -0.4 is 5.73 Å². The topological polar surface area (TPSA) is 63.4 Å². The Kier molecular flexibility index (Phi) is 5.58. The molecule has 1 saturated heterocycles. The lowest BCUT2D eigenvalue weighted by Crippen LogP contribution is -2.52. The highest BCUT2D eigenvalue weighted by Crippen LogP contribution is 2.35. The zero-order chi connectivity index (χ0) is 14.9. The number of nitrogens with zero attached hydrogens (tertiary/aromatic N) is 1. The molecule has 2 rings (SSSR count). The summed E-state index contributed by atoms with van der Waals surface area (Å²) in [4.78, 5) is 3.18. The molecule has 0 amide bonds. The molecule has 1 aliphatic rings. The van der Waals surface area contributed by atoms with Gasteiger partial charge < -0.3 is 5.73 Å². The fourth-order valence-corrected chi connectivity index (χ4v) is 7.07. The van der Waals surface area contributed by atoms with E-state index < -0.39 is 15.2 Å². The van der Waals surface area contributed by atoms with E-state index in [2.05, 4.69) is 20.8 Å². The van der Waals surface area contributed by atoms with Gasteiger partial charge in [-0.05, 0) is 28.9 Å². The maximum Gasteiger partial charge on any atom is 0.164 e. The van der Waals surface area contributed by atoms with E-state index in [0.29, 0.717) is 5.75 Å². The van der Waals surface area contributed by atoms with Crippen LogP contribution in [-0.4, -0.2) is 49.0 Å². The first-order valence-electron chi connectivity index (χ1n) is 6.32. The number of thiophene rings is 1.